The summed E-state index contributed by atoms with van der Waals surface area (Å²) in [5.41, 5.74) is 0. The molecule has 15 heavy (non-hydrogen) atoms. The highest BCUT2D eigenvalue weighted by molar-refractivity contribution is 7.86. The first-order valence-corrected chi connectivity index (χ1v) is 6.63. The Bertz CT molecular complexity index is 538. The average molecular weight is 273 g/mol. The van der Waals surface area contributed by atoms with Crippen molar-refractivity contribution < 1.29 is 25.9 Å². The van der Waals surface area contributed by atoms with Crippen LogP contribution >= 0.6 is 11.6 Å². The summed E-state index contributed by atoms with van der Waals surface area (Å²) in [4.78, 5) is -1.56. The van der Waals surface area contributed by atoms with Crippen LogP contribution in [0.2, 0.25) is 5.02 Å². The normalized spacial score (nSPS) is 12.7. The maximum Gasteiger partial charge on any atom is 0.296 e. The van der Waals surface area contributed by atoms with Crippen molar-refractivity contribution in [1.82, 2.24) is 0 Å². The van der Waals surface area contributed by atoms with Gasteiger partial charge in [0.15, 0.2) is 0 Å². The molecule has 1 aromatic carbocycles. The molecular formula is C6H5ClO6S2. The number of halogens is 1. The van der Waals surface area contributed by atoms with Crippen LogP contribution in [0.25, 0.3) is 0 Å². The molecule has 0 atom stereocenters. The van der Waals surface area contributed by atoms with Crippen LogP contribution in [0, 0.1) is 0 Å². The Morgan fingerprint density at radius 3 is 1.53 bits per heavy atom. The smallest absolute Gasteiger partial charge is 0.282 e. The average Bonchev–Trinajstić information content (AvgIpc) is 1.99. The second-order valence-electron chi connectivity index (χ2n) is 2.52. The zero-order valence-electron chi connectivity index (χ0n) is 6.95. The lowest BCUT2D eigenvalue weighted by Gasteiger charge is -2.04. The second-order valence-corrected chi connectivity index (χ2v) is 5.68. The molecule has 0 unspecified atom stereocenters. The predicted octanol–water partition coefficient (Wildman–Crippen LogP) is 0.833. The second kappa shape index (κ2) is 3.72. The lowest BCUT2D eigenvalue weighted by molar-refractivity contribution is 0.481. The van der Waals surface area contributed by atoms with E-state index in [9.17, 15) is 16.8 Å². The van der Waals surface area contributed by atoms with Crippen molar-refractivity contribution in [1.29, 1.82) is 0 Å². The minimum atomic E-state index is -4.62. The molecule has 0 aromatic heterocycles. The molecule has 0 aliphatic rings. The molecule has 0 fully saturated rings. The van der Waals surface area contributed by atoms with Gasteiger partial charge in [-0.05, 0) is 12.1 Å². The lowest BCUT2D eigenvalue weighted by Crippen LogP contribution is -2.04. The third-order valence-corrected chi connectivity index (χ3v) is 3.91. The Morgan fingerprint density at radius 2 is 1.27 bits per heavy atom. The van der Waals surface area contributed by atoms with Crippen molar-refractivity contribution in [3.63, 3.8) is 0 Å². The number of hydrogen-bond acceptors (Lipinski definition) is 4. The van der Waals surface area contributed by atoms with Gasteiger partial charge in [0.1, 0.15) is 9.79 Å². The molecular weight excluding hydrogens is 268 g/mol. The first kappa shape index (κ1) is 12.4. The van der Waals surface area contributed by atoms with E-state index >= 15 is 0 Å². The third kappa shape index (κ3) is 2.67. The van der Waals surface area contributed by atoms with E-state index in [1.54, 1.807) is 0 Å². The van der Waals surface area contributed by atoms with E-state index in [-0.39, 0.29) is 0 Å². The van der Waals surface area contributed by atoms with E-state index in [2.05, 4.69) is 0 Å². The Labute approximate surface area is 91.0 Å². The Kier molecular flexibility index (Phi) is 3.08. The van der Waals surface area contributed by atoms with Gasteiger partial charge in [-0.25, -0.2) is 0 Å². The predicted molar refractivity (Wildman–Crippen MR) is 51.1 cm³/mol. The van der Waals surface area contributed by atoms with Gasteiger partial charge >= 0.3 is 0 Å². The van der Waals surface area contributed by atoms with Gasteiger partial charge in [-0.2, -0.15) is 16.8 Å². The van der Waals surface area contributed by atoms with E-state index in [0.717, 1.165) is 18.2 Å². The van der Waals surface area contributed by atoms with E-state index in [1.165, 1.54) is 0 Å². The van der Waals surface area contributed by atoms with E-state index in [4.69, 9.17) is 20.7 Å². The van der Waals surface area contributed by atoms with Gasteiger partial charge in [0.05, 0.1) is 5.02 Å². The molecule has 0 amide bonds. The van der Waals surface area contributed by atoms with Crippen molar-refractivity contribution >= 4 is 31.8 Å². The molecule has 0 radical (unpaired) electrons. The van der Waals surface area contributed by atoms with Crippen LogP contribution in [0.3, 0.4) is 0 Å². The minimum Gasteiger partial charge on any atom is -0.282 e. The van der Waals surface area contributed by atoms with Gasteiger partial charge in [0.2, 0.25) is 0 Å². The third-order valence-electron chi connectivity index (χ3n) is 1.48. The van der Waals surface area contributed by atoms with Gasteiger partial charge in [0.25, 0.3) is 20.2 Å². The van der Waals surface area contributed by atoms with Crippen LogP contribution in [-0.4, -0.2) is 25.9 Å². The number of benzene rings is 1. The fraction of sp³-hybridized carbons (Fsp3) is 0. The highest BCUT2D eigenvalue weighted by Crippen LogP contribution is 2.28. The first-order chi connectivity index (χ1) is 6.64. The van der Waals surface area contributed by atoms with Gasteiger partial charge in [0, 0.05) is 0 Å². The summed E-state index contributed by atoms with van der Waals surface area (Å²) >= 11 is 5.40. The van der Waals surface area contributed by atoms with Crippen LogP contribution < -0.4 is 0 Å². The molecule has 6 nitrogen and oxygen atoms in total. The van der Waals surface area contributed by atoms with Gasteiger partial charge < -0.3 is 0 Å². The first-order valence-electron chi connectivity index (χ1n) is 3.37. The molecule has 1 rings (SSSR count). The maximum absolute atomic E-state index is 10.7. The van der Waals surface area contributed by atoms with Crippen molar-refractivity contribution in [2.45, 2.75) is 9.79 Å². The SMILES string of the molecule is O=S(=O)(O)c1cccc(S(=O)(=O)O)c1Cl. The zero-order chi connectivity index (χ0) is 11.9. The highest BCUT2D eigenvalue weighted by Gasteiger charge is 2.22. The van der Waals surface area contributed by atoms with Crippen LogP contribution in [0.4, 0.5) is 0 Å². The summed E-state index contributed by atoms with van der Waals surface area (Å²) in [6, 6.07) is 2.84. The molecule has 0 spiro atoms. The number of hydrogen-bond donors (Lipinski definition) is 2. The van der Waals surface area contributed by atoms with Gasteiger partial charge in [-0.1, -0.05) is 17.7 Å². The summed E-state index contributed by atoms with van der Waals surface area (Å²) in [5, 5.41) is -0.748. The summed E-state index contributed by atoms with van der Waals surface area (Å²) in [7, 11) is -9.25. The Hall–Kier alpha value is -0.670. The molecule has 0 saturated heterocycles. The zero-order valence-corrected chi connectivity index (χ0v) is 9.34. The topological polar surface area (TPSA) is 109 Å². The van der Waals surface area contributed by atoms with Gasteiger partial charge in [-0.15, -0.1) is 0 Å². The monoisotopic (exact) mass is 272 g/mol. The van der Waals surface area contributed by atoms with E-state index in [0.29, 0.717) is 0 Å². The van der Waals surface area contributed by atoms with Crippen LogP contribution in [0.1, 0.15) is 0 Å². The molecule has 2 N–H and O–H groups in total. The molecule has 1 aromatic rings. The fourth-order valence-electron chi connectivity index (χ4n) is 0.889. The van der Waals surface area contributed by atoms with Crippen LogP contribution in [0.5, 0.6) is 0 Å². The Balaban J connectivity index is 3.65. The number of rotatable bonds is 2. The molecule has 9 heteroatoms. The van der Waals surface area contributed by atoms with Crippen LogP contribution in [0.15, 0.2) is 28.0 Å². The quantitative estimate of drug-likeness (QED) is 0.772. The lowest BCUT2D eigenvalue weighted by atomic mass is 10.4. The van der Waals surface area contributed by atoms with Gasteiger partial charge in [-0.3, -0.25) is 9.11 Å². The minimum absolute atomic E-state index is 0.748. The van der Waals surface area contributed by atoms with Crippen molar-refractivity contribution in [2.24, 2.45) is 0 Å². The summed E-state index contributed by atoms with van der Waals surface area (Å²) in [5.74, 6) is 0. The van der Waals surface area contributed by atoms with Crippen molar-refractivity contribution in [2.75, 3.05) is 0 Å². The van der Waals surface area contributed by atoms with Crippen molar-refractivity contribution in [3.8, 4) is 0 Å². The maximum atomic E-state index is 10.7. The summed E-state index contributed by atoms with van der Waals surface area (Å²) in [6.07, 6.45) is 0. The molecule has 0 saturated carbocycles. The fourth-order valence-corrected chi connectivity index (χ4v) is 2.84. The molecule has 0 heterocycles. The van der Waals surface area contributed by atoms with Crippen LogP contribution in [-0.2, 0) is 20.2 Å². The molecule has 84 valence electrons. The Morgan fingerprint density at radius 1 is 0.933 bits per heavy atom. The highest BCUT2D eigenvalue weighted by atomic mass is 35.5. The van der Waals surface area contributed by atoms with E-state index in [1.807, 2.05) is 0 Å². The molecule has 0 aliphatic carbocycles. The molecule has 0 aliphatic heterocycles. The largest absolute Gasteiger partial charge is 0.296 e. The van der Waals surface area contributed by atoms with E-state index < -0.39 is 35.0 Å². The van der Waals surface area contributed by atoms with Crippen molar-refractivity contribution in [3.05, 3.63) is 23.2 Å². The summed E-state index contributed by atoms with van der Waals surface area (Å²) < 4.78 is 60.3. The molecule has 0 bridgehead atoms. The summed E-state index contributed by atoms with van der Waals surface area (Å²) in [6.45, 7) is 0. The standard InChI is InChI=1S/C6H5ClO6S2/c7-6-4(14(8,9)10)2-1-3-5(6)15(11,12)13/h1-3H,(H,8,9,10)(H,11,12,13).